The molecule has 242 valence electrons. The van der Waals surface area contributed by atoms with Crippen molar-refractivity contribution < 1.29 is 14.7 Å². The maximum Gasteiger partial charge on any atom is 0.195 e. The molecule has 3 aromatic carbocycles. The van der Waals surface area contributed by atoms with Crippen LogP contribution in [0.3, 0.4) is 0 Å². The van der Waals surface area contributed by atoms with Crippen LogP contribution in [0.15, 0.2) is 109 Å². The molecule has 0 fully saturated rings. The van der Waals surface area contributed by atoms with Crippen molar-refractivity contribution in [2.24, 2.45) is 0 Å². The standard InChI is InChI=1S/C43H37N3O3/c1-42(2,3)31-21-25(22-32(40(31)48)43(4,5)6)27-13-11-15-29-37(27)41(49)38-28(14-12-16-30(38)39(29)47)26-23-35(33-17-7-9-19-44-33)46-36(24-26)34-18-8-10-20-45-34/h7-24,48H,1-6H3. The first-order valence-electron chi connectivity index (χ1n) is 16.4. The quantitative estimate of drug-likeness (QED) is 0.205. The molecule has 6 aromatic rings. The predicted octanol–water partition coefficient (Wildman–Crippen LogP) is 9.62. The van der Waals surface area contributed by atoms with E-state index in [4.69, 9.17) is 4.98 Å². The van der Waals surface area contributed by atoms with Gasteiger partial charge in [0.25, 0.3) is 0 Å². The van der Waals surface area contributed by atoms with E-state index in [9.17, 15) is 14.7 Å². The second-order valence-corrected chi connectivity index (χ2v) is 14.6. The molecule has 1 aliphatic carbocycles. The van der Waals surface area contributed by atoms with E-state index in [0.29, 0.717) is 56.2 Å². The summed E-state index contributed by atoms with van der Waals surface area (Å²) < 4.78 is 0. The number of ketones is 2. The van der Waals surface area contributed by atoms with Crippen LogP contribution < -0.4 is 0 Å². The van der Waals surface area contributed by atoms with Crippen LogP contribution in [0.1, 0.15) is 84.5 Å². The Morgan fingerprint density at radius 1 is 0.490 bits per heavy atom. The van der Waals surface area contributed by atoms with Crippen molar-refractivity contribution in [3.63, 3.8) is 0 Å². The normalized spacial score (nSPS) is 12.9. The number of fused-ring (bicyclic) bond motifs is 2. The molecule has 3 aromatic heterocycles. The van der Waals surface area contributed by atoms with E-state index >= 15 is 0 Å². The van der Waals surface area contributed by atoms with Gasteiger partial charge in [-0.3, -0.25) is 19.6 Å². The number of carbonyl (C=O) groups excluding carboxylic acids is 2. The third-order valence-corrected chi connectivity index (χ3v) is 9.10. The van der Waals surface area contributed by atoms with Crippen molar-refractivity contribution in [3.05, 3.63) is 143 Å². The molecule has 0 bridgehead atoms. The summed E-state index contributed by atoms with van der Waals surface area (Å²) >= 11 is 0. The van der Waals surface area contributed by atoms with Gasteiger partial charge in [0.2, 0.25) is 0 Å². The minimum absolute atomic E-state index is 0.205. The predicted molar refractivity (Wildman–Crippen MR) is 194 cm³/mol. The Morgan fingerprint density at radius 3 is 1.33 bits per heavy atom. The van der Waals surface area contributed by atoms with E-state index in [2.05, 4.69) is 51.5 Å². The van der Waals surface area contributed by atoms with Gasteiger partial charge in [0.15, 0.2) is 11.6 Å². The molecular formula is C43H37N3O3. The number of aromatic nitrogens is 3. The summed E-state index contributed by atoms with van der Waals surface area (Å²) in [6, 6.07) is 29.9. The zero-order valence-corrected chi connectivity index (χ0v) is 28.5. The number of pyridine rings is 3. The summed E-state index contributed by atoms with van der Waals surface area (Å²) in [4.78, 5) is 43.2. The molecule has 0 unspecified atom stereocenters. The summed E-state index contributed by atoms with van der Waals surface area (Å²) in [6.45, 7) is 12.4. The second kappa shape index (κ2) is 11.7. The van der Waals surface area contributed by atoms with Crippen LogP contribution >= 0.6 is 0 Å². The number of aromatic hydroxyl groups is 1. The third kappa shape index (κ3) is 5.63. The zero-order chi connectivity index (χ0) is 34.7. The van der Waals surface area contributed by atoms with Gasteiger partial charge in [0, 0.05) is 45.8 Å². The number of phenols is 1. The molecule has 49 heavy (non-hydrogen) atoms. The smallest absolute Gasteiger partial charge is 0.195 e. The van der Waals surface area contributed by atoms with Crippen LogP contribution in [-0.4, -0.2) is 31.6 Å². The van der Waals surface area contributed by atoms with Crippen molar-refractivity contribution in [2.45, 2.75) is 52.4 Å². The average Bonchev–Trinajstić information content (AvgIpc) is 3.09. The number of benzene rings is 3. The monoisotopic (exact) mass is 643 g/mol. The lowest BCUT2D eigenvalue weighted by atomic mass is 9.75. The van der Waals surface area contributed by atoms with Gasteiger partial charge < -0.3 is 5.11 Å². The summed E-state index contributed by atoms with van der Waals surface area (Å²) in [7, 11) is 0. The molecule has 7 rings (SSSR count). The Morgan fingerprint density at radius 2 is 0.918 bits per heavy atom. The van der Waals surface area contributed by atoms with Crippen LogP contribution in [0.5, 0.6) is 5.75 Å². The van der Waals surface area contributed by atoms with Gasteiger partial charge in [-0.05, 0) is 81.6 Å². The summed E-state index contributed by atoms with van der Waals surface area (Å²) in [6.07, 6.45) is 3.43. The Bertz CT molecular complexity index is 2190. The SMILES string of the molecule is CC(C)(C)c1cc(-c2cccc3c2C(=O)c2c(cccc2-c2cc(-c4ccccn4)nc(-c4ccccn4)c2)C3=O)cc(C(C)(C)C)c1O. The third-order valence-electron chi connectivity index (χ3n) is 9.10. The molecule has 1 N–H and O–H groups in total. The first kappa shape index (κ1) is 31.8. The lowest BCUT2D eigenvalue weighted by Crippen LogP contribution is -2.23. The molecule has 0 spiro atoms. The van der Waals surface area contributed by atoms with Crippen molar-refractivity contribution >= 4 is 11.6 Å². The Labute approximate surface area is 286 Å². The number of hydrogen-bond acceptors (Lipinski definition) is 6. The molecule has 6 heteroatoms. The van der Waals surface area contributed by atoms with Crippen molar-refractivity contribution in [3.8, 4) is 50.8 Å². The highest BCUT2D eigenvalue weighted by atomic mass is 16.3. The summed E-state index contributed by atoms with van der Waals surface area (Å²) in [5, 5.41) is 11.4. The fourth-order valence-corrected chi connectivity index (χ4v) is 6.63. The fraction of sp³-hybridized carbons (Fsp3) is 0.186. The summed E-state index contributed by atoms with van der Waals surface area (Å²) in [5.74, 6) is -0.175. The number of phenolic OH excluding ortho intramolecular Hbond substituents is 1. The minimum atomic E-state index is -0.369. The van der Waals surface area contributed by atoms with Crippen molar-refractivity contribution in [1.29, 1.82) is 0 Å². The number of nitrogens with zero attached hydrogens (tertiary/aromatic N) is 3. The minimum Gasteiger partial charge on any atom is -0.507 e. The summed E-state index contributed by atoms with van der Waals surface area (Å²) in [5.41, 5.74) is 7.67. The highest BCUT2D eigenvalue weighted by Gasteiger charge is 2.35. The van der Waals surface area contributed by atoms with E-state index in [1.165, 1.54) is 0 Å². The van der Waals surface area contributed by atoms with E-state index < -0.39 is 0 Å². The molecule has 0 saturated heterocycles. The molecule has 1 aliphatic rings. The molecule has 0 amide bonds. The van der Waals surface area contributed by atoms with Crippen LogP contribution in [0, 0.1) is 0 Å². The van der Waals surface area contributed by atoms with Crippen LogP contribution in [0.4, 0.5) is 0 Å². The van der Waals surface area contributed by atoms with Crippen molar-refractivity contribution in [1.82, 2.24) is 15.0 Å². The molecular weight excluding hydrogens is 606 g/mol. The molecule has 0 saturated carbocycles. The van der Waals surface area contributed by atoms with Crippen LogP contribution in [-0.2, 0) is 10.8 Å². The lowest BCUT2D eigenvalue weighted by Gasteiger charge is -2.29. The molecule has 3 heterocycles. The second-order valence-electron chi connectivity index (χ2n) is 14.6. The number of carbonyl (C=O) groups is 2. The lowest BCUT2D eigenvalue weighted by molar-refractivity contribution is 0.0980. The van der Waals surface area contributed by atoms with Crippen LogP contribution in [0.2, 0.25) is 0 Å². The fourth-order valence-electron chi connectivity index (χ4n) is 6.63. The first-order valence-corrected chi connectivity index (χ1v) is 16.4. The van der Waals surface area contributed by atoms with Gasteiger partial charge in [-0.25, -0.2) is 4.98 Å². The highest BCUT2D eigenvalue weighted by Crippen LogP contribution is 2.45. The molecule has 0 aliphatic heterocycles. The van der Waals surface area contributed by atoms with Gasteiger partial charge in [-0.1, -0.05) is 90.1 Å². The van der Waals surface area contributed by atoms with Gasteiger partial charge in [0.1, 0.15) is 5.75 Å². The highest BCUT2D eigenvalue weighted by molar-refractivity contribution is 6.32. The van der Waals surface area contributed by atoms with E-state index in [-0.39, 0.29) is 28.1 Å². The van der Waals surface area contributed by atoms with Crippen molar-refractivity contribution in [2.75, 3.05) is 0 Å². The van der Waals surface area contributed by atoms with E-state index in [1.807, 2.05) is 84.9 Å². The van der Waals surface area contributed by atoms with E-state index in [0.717, 1.165) is 22.3 Å². The Hall–Kier alpha value is -5.75. The Kier molecular flexibility index (Phi) is 7.63. The maximum atomic E-state index is 14.9. The average molecular weight is 644 g/mol. The number of rotatable bonds is 4. The van der Waals surface area contributed by atoms with Gasteiger partial charge in [-0.15, -0.1) is 0 Å². The van der Waals surface area contributed by atoms with Gasteiger partial charge in [-0.2, -0.15) is 0 Å². The first-order chi connectivity index (χ1) is 23.3. The van der Waals surface area contributed by atoms with Crippen LogP contribution in [0.25, 0.3) is 45.0 Å². The molecule has 0 radical (unpaired) electrons. The zero-order valence-electron chi connectivity index (χ0n) is 28.5. The number of hydrogen-bond donors (Lipinski definition) is 1. The van der Waals surface area contributed by atoms with Gasteiger partial charge >= 0.3 is 0 Å². The Balaban J connectivity index is 1.46. The topological polar surface area (TPSA) is 93.0 Å². The molecule has 0 atom stereocenters. The van der Waals surface area contributed by atoms with E-state index in [1.54, 1.807) is 24.5 Å². The largest absolute Gasteiger partial charge is 0.507 e. The maximum absolute atomic E-state index is 14.9. The molecule has 6 nitrogen and oxygen atoms in total. The van der Waals surface area contributed by atoms with Gasteiger partial charge in [0.05, 0.1) is 22.8 Å².